The van der Waals surface area contributed by atoms with Gasteiger partial charge in [0.15, 0.2) is 0 Å². The van der Waals surface area contributed by atoms with Gasteiger partial charge in [-0.15, -0.1) is 11.8 Å². The summed E-state index contributed by atoms with van der Waals surface area (Å²) in [5.41, 5.74) is 1.48. The van der Waals surface area contributed by atoms with Crippen LogP contribution in [0.5, 0.6) is 0 Å². The quantitative estimate of drug-likeness (QED) is 0.444. The second kappa shape index (κ2) is 8.41. The summed E-state index contributed by atoms with van der Waals surface area (Å²) < 4.78 is 0. The number of allylic oxidation sites excluding steroid dienone is 2. The fourth-order valence-corrected chi connectivity index (χ4v) is 2.63. The molecule has 17 heavy (non-hydrogen) atoms. The molecule has 1 aromatic rings. The first-order chi connectivity index (χ1) is 8.31. The second-order valence-electron chi connectivity index (χ2n) is 4.22. The average molecular weight is 248 g/mol. The molecule has 0 fully saturated rings. The first-order valence-electron chi connectivity index (χ1n) is 6.69. The van der Waals surface area contributed by atoms with Crippen LogP contribution in [0.2, 0.25) is 0 Å². The van der Waals surface area contributed by atoms with Crippen LogP contribution in [0.4, 0.5) is 0 Å². The molecular weight excluding hydrogens is 224 g/mol. The molecule has 0 radical (unpaired) electrons. The molecule has 0 aliphatic heterocycles. The summed E-state index contributed by atoms with van der Waals surface area (Å²) >= 11 is 1.91. The van der Waals surface area contributed by atoms with Gasteiger partial charge in [-0.3, -0.25) is 0 Å². The summed E-state index contributed by atoms with van der Waals surface area (Å²) in [5, 5.41) is 0. The van der Waals surface area contributed by atoms with Crippen molar-refractivity contribution in [2.24, 2.45) is 0 Å². The Kier molecular flexibility index (Phi) is 7.11. The molecule has 0 aliphatic carbocycles. The maximum Gasteiger partial charge on any atom is 0.00720 e. The Labute approximate surface area is 111 Å². The van der Waals surface area contributed by atoms with E-state index in [9.17, 15) is 0 Å². The van der Waals surface area contributed by atoms with Crippen molar-refractivity contribution in [3.63, 3.8) is 0 Å². The van der Waals surface area contributed by atoms with Gasteiger partial charge >= 0.3 is 0 Å². The first-order valence-corrected chi connectivity index (χ1v) is 7.68. The van der Waals surface area contributed by atoms with Gasteiger partial charge in [-0.2, -0.15) is 0 Å². The minimum atomic E-state index is 0.679. The molecule has 0 amide bonds. The molecule has 0 aliphatic rings. The Hall–Kier alpha value is -0.690. The Balaban J connectivity index is 2.64. The van der Waals surface area contributed by atoms with Crippen molar-refractivity contribution in [1.29, 1.82) is 0 Å². The number of hydrogen-bond donors (Lipinski definition) is 0. The van der Waals surface area contributed by atoms with Gasteiger partial charge in [-0.1, -0.05) is 45.1 Å². The highest BCUT2D eigenvalue weighted by Crippen LogP contribution is 2.26. The zero-order valence-corrected chi connectivity index (χ0v) is 12.1. The van der Waals surface area contributed by atoms with Crippen molar-refractivity contribution in [2.45, 2.75) is 50.8 Å². The molecule has 0 N–H and O–H groups in total. The van der Waals surface area contributed by atoms with E-state index in [1.807, 2.05) is 11.8 Å². The lowest BCUT2D eigenvalue weighted by Crippen LogP contribution is -1.95. The number of thioether (sulfide) groups is 1. The third-order valence-corrected chi connectivity index (χ3v) is 3.87. The van der Waals surface area contributed by atoms with Crippen LogP contribution in [0.25, 0.3) is 0 Å². The average Bonchev–Trinajstić information content (AvgIpc) is 2.36. The van der Waals surface area contributed by atoms with Gasteiger partial charge in [-0.25, -0.2) is 0 Å². The van der Waals surface area contributed by atoms with Crippen LogP contribution in [0, 0.1) is 0 Å². The van der Waals surface area contributed by atoms with Gasteiger partial charge in [-0.05, 0) is 48.6 Å². The second-order valence-corrected chi connectivity index (χ2v) is 5.56. The van der Waals surface area contributed by atoms with Gasteiger partial charge in [0.05, 0.1) is 0 Å². The molecule has 0 spiro atoms. The van der Waals surface area contributed by atoms with E-state index in [4.69, 9.17) is 0 Å². The lowest BCUT2D eigenvalue weighted by atomic mass is 9.93. The summed E-state index contributed by atoms with van der Waals surface area (Å²) in [5.74, 6) is 1.83. The summed E-state index contributed by atoms with van der Waals surface area (Å²) in [6.45, 7) is 6.66. The van der Waals surface area contributed by atoms with Crippen molar-refractivity contribution in [3.05, 3.63) is 42.0 Å². The third-order valence-electron chi connectivity index (χ3n) is 2.98. The van der Waals surface area contributed by atoms with Crippen LogP contribution < -0.4 is 0 Å². The molecule has 0 nitrogen and oxygen atoms in total. The van der Waals surface area contributed by atoms with Crippen LogP contribution in [-0.4, -0.2) is 5.75 Å². The van der Waals surface area contributed by atoms with E-state index in [0.717, 1.165) is 12.2 Å². The molecule has 0 heterocycles. The van der Waals surface area contributed by atoms with Crippen LogP contribution in [0.3, 0.4) is 0 Å². The predicted molar refractivity (Wildman–Crippen MR) is 79.9 cm³/mol. The smallest absolute Gasteiger partial charge is 0.00720 e. The van der Waals surface area contributed by atoms with Crippen molar-refractivity contribution in [2.75, 3.05) is 5.75 Å². The molecule has 0 saturated heterocycles. The zero-order valence-electron chi connectivity index (χ0n) is 11.3. The van der Waals surface area contributed by atoms with Crippen molar-refractivity contribution in [1.82, 2.24) is 0 Å². The van der Waals surface area contributed by atoms with Crippen LogP contribution in [0.1, 0.15) is 51.5 Å². The third kappa shape index (κ3) is 4.99. The predicted octanol–water partition coefficient (Wildman–Crippen LogP) is 5.65. The van der Waals surface area contributed by atoms with E-state index in [0.29, 0.717) is 5.92 Å². The van der Waals surface area contributed by atoms with Crippen molar-refractivity contribution in [3.8, 4) is 0 Å². The summed E-state index contributed by atoms with van der Waals surface area (Å²) in [6, 6.07) is 9.11. The molecule has 1 unspecified atom stereocenters. The van der Waals surface area contributed by atoms with E-state index in [-0.39, 0.29) is 0 Å². The van der Waals surface area contributed by atoms with Gasteiger partial charge in [0.1, 0.15) is 0 Å². The number of benzene rings is 1. The Morgan fingerprint density at radius 2 is 1.76 bits per heavy atom. The highest BCUT2D eigenvalue weighted by Gasteiger charge is 2.07. The standard InChI is InChI=1S/C16H24S/c1-4-7-8-9-14(5-2)15-10-12-16(13-11-15)17-6-3/h7-8,10-14H,4-6,9H2,1-3H3/b8-7-. The fraction of sp³-hybridized carbons (Fsp3) is 0.500. The van der Waals surface area contributed by atoms with E-state index in [2.05, 4.69) is 57.2 Å². The highest BCUT2D eigenvalue weighted by atomic mass is 32.2. The van der Waals surface area contributed by atoms with Crippen LogP contribution in [0.15, 0.2) is 41.3 Å². The molecule has 0 aromatic heterocycles. The largest absolute Gasteiger partial charge is 0.126 e. The molecular formula is C16H24S. The zero-order chi connectivity index (χ0) is 12.5. The molecule has 1 atom stereocenters. The molecule has 0 bridgehead atoms. The highest BCUT2D eigenvalue weighted by molar-refractivity contribution is 7.99. The van der Waals surface area contributed by atoms with E-state index >= 15 is 0 Å². The van der Waals surface area contributed by atoms with E-state index < -0.39 is 0 Å². The maximum absolute atomic E-state index is 2.32. The molecule has 0 saturated carbocycles. The fourth-order valence-electron chi connectivity index (χ4n) is 1.97. The normalized spacial score (nSPS) is 13.1. The maximum atomic E-state index is 2.32. The van der Waals surface area contributed by atoms with Gasteiger partial charge in [0.2, 0.25) is 0 Å². The van der Waals surface area contributed by atoms with Gasteiger partial charge in [0, 0.05) is 4.90 Å². The van der Waals surface area contributed by atoms with E-state index in [1.165, 1.54) is 23.3 Å². The minimum absolute atomic E-state index is 0.679. The number of hydrogen-bond acceptors (Lipinski definition) is 1. The Bertz CT molecular complexity index is 324. The lowest BCUT2D eigenvalue weighted by Gasteiger charge is -2.13. The van der Waals surface area contributed by atoms with E-state index in [1.54, 1.807) is 0 Å². The number of rotatable bonds is 7. The van der Waals surface area contributed by atoms with Gasteiger partial charge in [0.25, 0.3) is 0 Å². The Morgan fingerprint density at radius 3 is 2.29 bits per heavy atom. The molecule has 1 heteroatoms. The monoisotopic (exact) mass is 248 g/mol. The lowest BCUT2D eigenvalue weighted by molar-refractivity contribution is 0.673. The van der Waals surface area contributed by atoms with Crippen LogP contribution >= 0.6 is 11.8 Å². The first kappa shape index (κ1) is 14.4. The topological polar surface area (TPSA) is 0 Å². The van der Waals surface area contributed by atoms with Crippen LogP contribution in [-0.2, 0) is 0 Å². The summed E-state index contributed by atoms with van der Waals surface area (Å²) in [6.07, 6.45) is 8.12. The van der Waals surface area contributed by atoms with Gasteiger partial charge < -0.3 is 0 Å². The van der Waals surface area contributed by atoms with Crippen molar-refractivity contribution < 1.29 is 0 Å². The summed E-state index contributed by atoms with van der Waals surface area (Å²) in [4.78, 5) is 1.38. The SMILES string of the molecule is CC/C=C\CC(CC)c1ccc(SCC)cc1. The molecule has 1 aromatic carbocycles. The Morgan fingerprint density at radius 1 is 1.06 bits per heavy atom. The molecule has 94 valence electrons. The minimum Gasteiger partial charge on any atom is -0.126 e. The summed E-state index contributed by atoms with van der Waals surface area (Å²) in [7, 11) is 0. The van der Waals surface area contributed by atoms with Crippen molar-refractivity contribution >= 4 is 11.8 Å². The molecule has 1 rings (SSSR count).